The van der Waals surface area contributed by atoms with Gasteiger partial charge in [-0.25, -0.2) is 4.98 Å². The zero-order chi connectivity index (χ0) is 28.0. The molecule has 2 aliphatic rings. The van der Waals surface area contributed by atoms with Gasteiger partial charge >= 0.3 is 0 Å². The van der Waals surface area contributed by atoms with E-state index < -0.39 is 0 Å². The molecule has 40 heavy (non-hydrogen) atoms. The number of anilines is 2. The number of carbonyl (C=O) groups excluding carboxylic acids is 3. The van der Waals surface area contributed by atoms with Crippen LogP contribution < -0.4 is 16.0 Å². The Hall–Kier alpha value is -4.24. The number of aromatic nitrogens is 1. The molecule has 204 valence electrons. The van der Waals surface area contributed by atoms with Crippen molar-refractivity contribution in [2.75, 3.05) is 30.3 Å². The van der Waals surface area contributed by atoms with Crippen molar-refractivity contribution < 1.29 is 14.4 Å². The number of piperidine rings is 1. The van der Waals surface area contributed by atoms with Crippen molar-refractivity contribution in [3.8, 4) is 11.3 Å². The van der Waals surface area contributed by atoms with E-state index in [1.165, 1.54) is 17.4 Å². The van der Waals surface area contributed by atoms with Crippen LogP contribution in [0.2, 0.25) is 0 Å². The molecule has 4 heterocycles. The van der Waals surface area contributed by atoms with Crippen molar-refractivity contribution in [1.29, 1.82) is 0 Å². The van der Waals surface area contributed by atoms with Gasteiger partial charge in [-0.3, -0.25) is 14.4 Å². The molecule has 3 N–H and O–H groups in total. The van der Waals surface area contributed by atoms with E-state index in [0.29, 0.717) is 24.5 Å². The molecule has 2 aromatic carbocycles. The first-order valence-electron chi connectivity index (χ1n) is 13.6. The summed E-state index contributed by atoms with van der Waals surface area (Å²) >= 11 is 1.49. The lowest BCUT2D eigenvalue weighted by molar-refractivity contribution is -0.129. The topological polar surface area (TPSA) is 103 Å². The van der Waals surface area contributed by atoms with Gasteiger partial charge in [0.15, 0.2) is 0 Å². The second-order valence-corrected chi connectivity index (χ2v) is 11.6. The summed E-state index contributed by atoms with van der Waals surface area (Å²) in [5, 5.41) is 11.5. The Balaban J connectivity index is 1.38. The molecular weight excluding hydrogens is 522 g/mol. The van der Waals surface area contributed by atoms with Crippen molar-refractivity contribution in [3.05, 3.63) is 65.6 Å². The maximum absolute atomic E-state index is 12.8. The first-order chi connectivity index (χ1) is 19.3. The number of fused-ring (bicyclic) bond motifs is 5. The van der Waals surface area contributed by atoms with Gasteiger partial charge in [0.1, 0.15) is 4.88 Å². The molecule has 0 spiro atoms. The molecule has 9 heteroatoms. The Labute approximate surface area is 236 Å². The number of nitrogens with one attached hydrogen (secondary N) is 3. The SMILES string of the molecule is C=CC(=O)Nc1cc(-c2ccc3c(ccc4sc5c(c43)NC[C@@H](C)NC5=O)n2)ccc1C1CCN(C(C)=O)CC1. The second-order valence-electron chi connectivity index (χ2n) is 10.5. The minimum absolute atomic E-state index is 0.0438. The van der Waals surface area contributed by atoms with Crippen LogP contribution in [0.3, 0.4) is 0 Å². The highest BCUT2D eigenvalue weighted by molar-refractivity contribution is 7.21. The van der Waals surface area contributed by atoms with Crippen LogP contribution >= 0.6 is 11.3 Å². The predicted octanol–water partition coefficient (Wildman–Crippen LogP) is 5.51. The minimum atomic E-state index is -0.266. The summed E-state index contributed by atoms with van der Waals surface area (Å²) in [7, 11) is 0. The van der Waals surface area contributed by atoms with Crippen molar-refractivity contribution in [2.45, 2.75) is 38.6 Å². The van der Waals surface area contributed by atoms with Crippen molar-refractivity contribution in [1.82, 2.24) is 15.2 Å². The van der Waals surface area contributed by atoms with Crippen LogP contribution in [-0.2, 0) is 9.59 Å². The number of rotatable bonds is 4. The van der Waals surface area contributed by atoms with E-state index in [2.05, 4.69) is 34.7 Å². The van der Waals surface area contributed by atoms with Crippen LogP contribution in [0, 0.1) is 0 Å². The third kappa shape index (κ3) is 4.70. The highest BCUT2D eigenvalue weighted by atomic mass is 32.1. The number of carbonyl (C=O) groups is 3. The molecule has 0 bridgehead atoms. The summed E-state index contributed by atoms with van der Waals surface area (Å²) in [5.74, 6) is 0.0228. The van der Waals surface area contributed by atoms with Gasteiger partial charge in [0.2, 0.25) is 11.8 Å². The van der Waals surface area contributed by atoms with Crippen LogP contribution in [0.1, 0.15) is 47.8 Å². The summed E-state index contributed by atoms with van der Waals surface area (Å²) in [6.45, 7) is 9.28. The Morgan fingerprint density at radius 2 is 1.95 bits per heavy atom. The normalized spacial score (nSPS) is 17.6. The third-order valence-corrected chi connectivity index (χ3v) is 9.02. The maximum Gasteiger partial charge on any atom is 0.263 e. The second kappa shape index (κ2) is 10.4. The number of likely N-dealkylation sites (tertiary alicyclic amines) is 1. The van der Waals surface area contributed by atoms with Gasteiger partial charge in [0.25, 0.3) is 5.91 Å². The van der Waals surface area contributed by atoms with E-state index in [4.69, 9.17) is 4.98 Å². The molecule has 2 aliphatic heterocycles. The summed E-state index contributed by atoms with van der Waals surface area (Å²) < 4.78 is 1.04. The molecule has 0 radical (unpaired) electrons. The number of pyridine rings is 1. The minimum Gasteiger partial charge on any atom is -0.381 e. The van der Waals surface area contributed by atoms with E-state index in [0.717, 1.165) is 62.0 Å². The summed E-state index contributed by atoms with van der Waals surface area (Å²) in [6, 6.07) is 14.2. The smallest absolute Gasteiger partial charge is 0.263 e. The fraction of sp³-hybridized carbons (Fsp3) is 0.290. The monoisotopic (exact) mass is 553 g/mol. The number of hydrogen-bond acceptors (Lipinski definition) is 6. The molecule has 0 aliphatic carbocycles. The van der Waals surface area contributed by atoms with Crippen LogP contribution in [0.25, 0.3) is 32.2 Å². The Bertz CT molecular complexity index is 1690. The average Bonchev–Trinajstić information content (AvgIpc) is 3.28. The molecule has 8 nitrogen and oxygen atoms in total. The van der Waals surface area contributed by atoms with E-state index in [-0.39, 0.29) is 29.7 Å². The van der Waals surface area contributed by atoms with Crippen LogP contribution in [0.4, 0.5) is 11.4 Å². The molecule has 4 aromatic rings. The average molecular weight is 554 g/mol. The zero-order valence-corrected chi connectivity index (χ0v) is 23.4. The van der Waals surface area contributed by atoms with E-state index in [1.807, 2.05) is 42.2 Å². The van der Waals surface area contributed by atoms with Crippen LogP contribution in [0.5, 0.6) is 0 Å². The molecular formula is C31H31N5O3S. The lowest BCUT2D eigenvalue weighted by atomic mass is 9.87. The van der Waals surface area contributed by atoms with Crippen LogP contribution in [0.15, 0.2) is 55.1 Å². The molecule has 1 fully saturated rings. The maximum atomic E-state index is 12.8. The number of benzene rings is 2. The van der Waals surface area contributed by atoms with Gasteiger partial charge in [0.05, 0.1) is 16.9 Å². The first kappa shape index (κ1) is 26.0. The number of amides is 3. The zero-order valence-electron chi connectivity index (χ0n) is 22.5. The molecule has 1 atom stereocenters. The van der Waals surface area contributed by atoms with Gasteiger partial charge in [0, 0.05) is 59.3 Å². The fourth-order valence-corrected chi connectivity index (χ4v) is 6.85. The summed E-state index contributed by atoms with van der Waals surface area (Å²) in [6.07, 6.45) is 2.96. The number of hydrogen-bond donors (Lipinski definition) is 3. The summed E-state index contributed by atoms with van der Waals surface area (Å²) in [4.78, 5) is 44.5. The summed E-state index contributed by atoms with van der Waals surface area (Å²) in [5.41, 5.74) is 5.19. The van der Waals surface area contributed by atoms with Gasteiger partial charge in [-0.15, -0.1) is 11.3 Å². The quantitative estimate of drug-likeness (QED) is 0.289. The molecule has 3 amide bonds. The van der Waals surface area contributed by atoms with Crippen LogP contribution in [-0.4, -0.2) is 53.3 Å². The van der Waals surface area contributed by atoms with Gasteiger partial charge in [-0.05, 0) is 67.7 Å². The van der Waals surface area contributed by atoms with Crippen molar-refractivity contribution >= 4 is 61.4 Å². The lowest BCUT2D eigenvalue weighted by Gasteiger charge is -2.32. The lowest BCUT2D eigenvalue weighted by Crippen LogP contribution is -2.36. The van der Waals surface area contributed by atoms with Gasteiger partial charge in [-0.2, -0.15) is 0 Å². The molecule has 0 unspecified atom stereocenters. The van der Waals surface area contributed by atoms with Crippen molar-refractivity contribution in [3.63, 3.8) is 0 Å². The van der Waals surface area contributed by atoms with E-state index >= 15 is 0 Å². The third-order valence-electron chi connectivity index (χ3n) is 7.86. The fourth-order valence-electron chi connectivity index (χ4n) is 5.76. The Morgan fingerprint density at radius 1 is 1.15 bits per heavy atom. The van der Waals surface area contributed by atoms with Gasteiger partial charge < -0.3 is 20.9 Å². The number of thiophene rings is 1. The highest BCUT2D eigenvalue weighted by Gasteiger charge is 2.26. The Morgan fingerprint density at radius 3 is 2.70 bits per heavy atom. The predicted molar refractivity (Wildman–Crippen MR) is 161 cm³/mol. The van der Waals surface area contributed by atoms with E-state index in [1.54, 1.807) is 6.92 Å². The van der Waals surface area contributed by atoms with Crippen molar-refractivity contribution in [2.24, 2.45) is 0 Å². The van der Waals surface area contributed by atoms with E-state index in [9.17, 15) is 14.4 Å². The Kier molecular flexibility index (Phi) is 6.75. The van der Waals surface area contributed by atoms with Gasteiger partial charge in [-0.1, -0.05) is 18.7 Å². The molecule has 2 aromatic heterocycles. The molecule has 6 rings (SSSR count). The standard InChI is InChI=1S/C31H31N5O3S/c1-4-27(38)35-25-15-20(5-6-21(25)19-11-13-36(14-12-19)18(3)37)23-8-7-22-24(34-23)9-10-26-28(22)29-30(40-26)31(39)33-17(2)16-32-29/h4-10,15,17,19,32H,1,11-14,16H2,2-3H3,(H,33,39)(H,35,38)/t17-/m1/s1. The largest absolute Gasteiger partial charge is 0.381 e. The first-order valence-corrected chi connectivity index (χ1v) is 14.4. The highest BCUT2D eigenvalue weighted by Crippen LogP contribution is 2.42. The number of nitrogens with zero attached hydrogens (tertiary/aromatic N) is 2. The molecule has 1 saturated heterocycles. The molecule has 0 saturated carbocycles.